The Hall–Kier alpha value is -1.24. The van der Waals surface area contributed by atoms with Crippen LogP contribution in [0.15, 0.2) is 40.3 Å². The maximum absolute atomic E-state index is 13.5. The first kappa shape index (κ1) is 17.2. The molecule has 0 spiro atoms. The second kappa shape index (κ2) is 6.49. The molecule has 0 saturated heterocycles. The van der Waals surface area contributed by atoms with Crippen LogP contribution in [0.2, 0.25) is 0 Å². The number of hydrogen-bond acceptors (Lipinski definition) is 5. The van der Waals surface area contributed by atoms with Gasteiger partial charge in [0.1, 0.15) is 4.83 Å². The highest BCUT2D eigenvalue weighted by Crippen LogP contribution is 2.45. The van der Waals surface area contributed by atoms with E-state index in [0.717, 1.165) is 39.7 Å². The molecule has 4 rings (SSSR count). The number of thioether (sulfide) groups is 2. The van der Waals surface area contributed by atoms with Crippen molar-refractivity contribution in [3.63, 3.8) is 0 Å². The molecule has 0 bridgehead atoms. The summed E-state index contributed by atoms with van der Waals surface area (Å²) in [5, 5.41) is 1.59. The molecule has 3 aromatic rings. The van der Waals surface area contributed by atoms with Crippen molar-refractivity contribution in [1.29, 1.82) is 0 Å². The first-order valence-electron chi connectivity index (χ1n) is 8.37. The number of rotatable bonds is 3. The Morgan fingerprint density at radius 3 is 2.76 bits per heavy atom. The average Bonchev–Trinajstić information content (AvgIpc) is 2.99. The molecule has 0 aliphatic carbocycles. The molecule has 3 heterocycles. The fraction of sp³-hybridized carbons (Fsp3) is 0.368. The number of para-hydroxylation sites is 1. The lowest BCUT2D eigenvalue weighted by Gasteiger charge is -2.31. The quantitative estimate of drug-likeness (QED) is 0.460. The zero-order valence-electron chi connectivity index (χ0n) is 14.5. The van der Waals surface area contributed by atoms with Crippen molar-refractivity contribution in [3.8, 4) is 5.69 Å². The second-order valence-corrected chi connectivity index (χ2v) is 9.95. The van der Waals surface area contributed by atoms with Gasteiger partial charge in [-0.25, -0.2) is 4.98 Å². The third-order valence-electron chi connectivity index (χ3n) is 4.92. The van der Waals surface area contributed by atoms with Gasteiger partial charge in [-0.1, -0.05) is 43.8 Å². The van der Waals surface area contributed by atoms with E-state index in [2.05, 4.69) is 13.8 Å². The van der Waals surface area contributed by atoms with E-state index in [4.69, 9.17) is 4.98 Å². The molecule has 0 amide bonds. The number of hydrogen-bond donors (Lipinski definition) is 0. The van der Waals surface area contributed by atoms with Crippen LogP contribution in [0.1, 0.15) is 30.7 Å². The van der Waals surface area contributed by atoms with Gasteiger partial charge < -0.3 is 0 Å². The second-order valence-electron chi connectivity index (χ2n) is 6.53. The number of nitrogens with zero attached hydrogens (tertiary/aromatic N) is 2. The van der Waals surface area contributed by atoms with Crippen molar-refractivity contribution in [2.24, 2.45) is 0 Å². The molecule has 1 aliphatic heterocycles. The molecule has 3 nitrogen and oxygen atoms in total. The standard InChI is InChI=1S/C19H20N2OS3/c1-4-19(2)10-13-14(11-24-19)25-16-15(13)17(22)21(18(20-16)23-3)12-8-6-5-7-9-12/h5-9H,4,10-11H2,1-3H3/t19-/m1/s1. The van der Waals surface area contributed by atoms with E-state index < -0.39 is 0 Å². The number of benzene rings is 1. The molecule has 6 heteroatoms. The highest BCUT2D eigenvalue weighted by molar-refractivity contribution is 8.00. The molecule has 0 N–H and O–H groups in total. The molecule has 130 valence electrons. The molecule has 1 atom stereocenters. The first-order chi connectivity index (χ1) is 12.1. The Morgan fingerprint density at radius 2 is 2.08 bits per heavy atom. The largest absolute Gasteiger partial charge is 0.268 e. The highest BCUT2D eigenvalue weighted by atomic mass is 32.2. The lowest BCUT2D eigenvalue weighted by atomic mass is 9.96. The molecule has 1 aliphatic rings. The summed E-state index contributed by atoms with van der Waals surface area (Å²) >= 11 is 5.23. The normalized spacial score (nSPS) is 20.0. The van der Waals surface area contributed by atoms with Gasteiger partial charge in [-0.2, -0.15) is 0 Å². The van der Waals surface area contributed by atoms with Crippen molar-refractivity contribution < 1.29 is 0 Å². The van der Waals surface area contributed by atoms with Crippen LogP contribution in [0.4, 0.5) is 0 Å². The van der Waals surface area contributed by atoms with Gasteiger partial charge >= 0.3 is 0 Å². The van der Waals surface area contributed by atoms with Gasteiger partial charge in [0, 0.05) is 15.4 Å². The van der Waals surface area contributed by atoms with Crippen LogP contribution < -0.4 is 5.56 Å². The summed E-state index contributed by atoms with van der Waals surface area (Å²) in [5.41, 5.74) is 2.19. The van der Waals surface area contributed by atoms with E-state index >= 15 is 0 Å². The Balaban J connectivity index is 2.01. The van der Waals surface area contributed by atoms with Crippen LogP contribution in [0.25, 0.3) is 15.9 Å². The molecule has 2 aromatic heterocycles. The van der Waals surface area contributed by atoms with Gasteiger partial charge in [-0.05, 0) is 36.8 Å². The molecular weight excluding hydrogens is 368 g/mol. The molecule has 0 saturated carbocycles. The predicted molar refractivity (Wildman–Crippen MR) is 111 cm³/mol. The zero-order chi connectivity index (χ0) is 17.6. The smallest absolute Gasteiger partial charge is 0.267 e. The minimum atomic E-state index is 0.0726. The van der Waals surface area contributed by atoms with E-state index in [1.165, 1.54) is 22.2 Å². The fourth-order valence-electron chi connectivity index (χ4n) is 3.27. The third kappa shape index (κ3) is 2.84. The highest BCUT2D eigenvalue weighted by Gasteiger charge is 2.33. The third-order valence-corrected chi connectivity index (χ3v) is 8.44. The summed E-state index contributed by atoms with van der Waals surface area (Å²) in [6.07, 6.45) is 4.04. The summed E-state index contributed by atoms with van der Waals surface area (Å²) in [7, 11) is 0. The number of thiophene rings is 1. The van der Waals surface area contributed by atoms with Crippen LogP contribution >= 0.6 is 34.9 Å². The summed E-state index contributed by atoms with van der Waals surface area (Å²) < 4.78 is 1.98. The van der Waals surface area contributed by atoms with Crippen molar-refractivity contribution in [3.05, 3.63) is 51.1 Å². The van der Waals surface area contributed by atoms with Crippen LogP contribution in [0.5, 0.6) is 0 Å². The van der Waals surface area contributed by atoms with Crippen molar-refractivity contribution in [1.82, 2.24) is 9.55 Å². The van der Waals surface area contributed by atoms with E-state index in [-0.39, 0.29) is 10.3 Å². The predicted octanol–water partition coefficient (Wildman–Crippen LogP) is 5.13. The van der Waals surface area contributed by atoms with Gasteiger partial charge in [0.25, 0.3) is 5.56 Å². The molecular formula is C19H20N2OS3. The van der Waals surface area contributed by atoms with Gasteiger partial charge in [0.15, 0.2) is 5.16 Å². The molecule has 0 radical (unpaired) electrons. The summed E-state index contributed by atoms with van der Waals surface area (Å²) in [5.74, 6) is 0.986. The van der Waals surface area contributed by atoms with Gasteiger partial charge in [0.2, 0.25) is 0 Å². The SMILES string of the molecule is CC[C@]1(C)Cc2c(sc3nc(SC)n(-c4ccccc4)c(=O)c23)CS1. The Labute approximate surface area is 159 Å². The van der Waals surface area contributed by atoms with Gasteiger partial charge in [-0.15, -0.1) is 23.1 Å². The minimum Gasteiger partial charge on any atom is -0.268 e. The molecule has 1 aromatic carbocycles. The van der Waals surface area contributed by atoms with Crippen molar-refractivity contribution in [2.75, 3.05) is 6.26 Å². The van der Waals surface area contributed by atoms with Crippen LogP contribution in [0, 0.1) is 0 Å². The van der Waals surface area contributed by atoms with E-state index in [9.17, 15) is 4.79 Å². The summed E-state index contributed by atoms with van der Waals surface area (Å²) in [6, 6.07) is 9.84. The maximum Gasteiger partial charge on any atom is 0.267 e. The van der Waals surface area contributed by atoms with Gasteiger partial charge in [0.05, 0.1) is 11.1 Å². The minimum absolute atomic E-state index is 0.0726. The number of aromatic nitrogens is 2. The maximum atomic E-state index is 13.5. The molecule has 0 fully saturated rings. The van der Waals surface area contributed by atoms with Crippen LogP contribution in [-0.2, 0) is 12.2 Å². The molecule has 0 unspecified atom stereocenters. The van der Waals surface area contributed by atoms with Crippen LogP contribution in [0.3, 0.4) is 0 Å². The van der Waals surface area contributed by atoms with Gasteiger partial charge in [-0.3, -0.25) is 9.36 Å². The van der Waals surface area contributed by atoms with E-state index in [1.807, 2.05) is 48.3 Å². The van der Waals surface area contributed by atoms with Crippen molar-refractivity contribution in [2.45, 2.75) is 42.3 Å². The van der Waals surface area contributed by atoms with E-state index in [1.54, 1.807) is 15.9 Å². The summed E-state index contributed by atoms with van der Waals surface area (Å²) in [6.45, 7) is 4.54. The van der Waals surface area contributed by atoms with Crippen LogP contribution in [-0.4, -0.2) is 20.6 Å². The topological polar surface area (TPSA) is 34.9 Å². The monoisotopic (exact) mass is 388 g/mol. The first-order valence-corrected chi connectivity index (χ1v) is 11.4. The lowest BCUT2D eigenvalue weighted by Crippen LogP contribution is -2.28. The fourth-order valence-corrected chi connectivity index (χ4v) is 6.37. The Bertz CT molecular complexity index is 993. The Morgan fingerprint density at radius 1 is 1.32 bits per heavy atom. The zero-order valence-corrected chi connectivity index (χ0v) is 17.0. The molecule has 25 heavy (non-hydrogen) atoms. The van der Waals surface area contributed by atoms with Crippen molar-refractivity contribution >= 4 is 45.1 Å². The van der Waals surface area contributed by atoms with E-state index in [0.29, 0.717) is 0 Å². The lowest BCUT2D eigenvalue weighted by molar-refractivity contribution is 0.610. The number of fused-ring (bicyclic) bond motifs is 3. The Kier molecular flexibility index (Phi) is 4.46. The average molecular weight is 389 g/mol. The summed E-state index contributed by atoms with van der Waals surface area (Å²) in [4.78, 5) is 20.5.